The third-order valence-corrected chi connectivity index (χ3v) is 2.95. The van der Waals surface area contributed by atoms with Crippen molar-refractivity contribution in [3.63, 3.8) is 0 Å². The molecule has 3 nitrogen and oxygen atoms in total. The smallest absolute Gasteiger partial charge is 0.121 e. The first-order valence-corrected chi connectivity index (χ1v) is 5.86. The van der Waals surface area contributed by atoms with Gasteiger partial charge in [-0.05, 0) is 42.7 Å². The maximum Gasteiger partial charge on any atom is 0.121 e. The highest BCUT2D eigenvalue weighted by atomic mass is 16.5. The van der Waals surface area contributed by atoms with Gasteiger partial charge in [-0.15, -0.1) is 0 Å². The summed E-state index contributed by atoms with van der Waals surface area (Å²) in [4.78, 5) is 4.10. The number of nitrogens with zero attached hydrogens (tertiary/aromatic N) is 1. The number of hydrogen-bond donors (Lipinski definition) is 1. The lowest BCUT2D eigenvalue weighted by molar-refractivity contribution is 0.219. The Hall–Kier alpha value is -1.87. The van der Waals surface area contributed by atoms with Crippen LogP contribution < -0.4 is 4.74 Å². The largest absolute Gasteiger partial charge is 0.496 e. The number of methoxy groups -OCH3 is 1. The number of rotatable bonds is 3. The molecule has 0 amide bonds. The van der Waals surface area contributed by atoms with Crippen molar-refractivity contribution in [2.75, 3.05) is 7.11 Å². The van der Waals surface area contributed by atoms with Crippen molar-refractivity contribution < 1.29 is 9.84 Å². The Bertz CT molecular complexity index is 552. The molecule has 0 bridgehead atoms. The van der Waals surface area contributed by atoms with Crippen LogP contribution in [0.1, 0.15) is 28.4 Å². The van der Waals surface area contributed by atoms with Crippen molar-refractivity contribution in [1.82, 2.24) is 4.98 Å². The lowest BCUT2D eigenvalue weighted by Crippen LogP contribution is -2.01. The Morgan fingerprint density at radius 3 is 2.50 bits per heavy atom. The van der Waals surface area contributed by atoms with E-state index in [1.54, 1.807) is 19.5 Å². The Balaban J connectivity index is 2.34. The van der Waals surface area contributed by atoms with Crippen LogP contribution in [0.15, 0.2) is 36.7 Å². The minimum Gasteiger partial charge on any atom is -0.496 e. The van der Waals surface area contributed by atoms with Crippen molar-refractivity contribution in [2.24, 2.45) is 0 Å². The standard InChI is InChI=1S/C15H17NO2/c1-10-6-13(9-16-8-10)15(17)12-4-5-14(18-3)11(2)7-12/h4-9,15,17H,1-3H3. The van der Waals surface area contributed by atoms with Crippen LogP contribution in [0.3, 0.4) is 0 Å². The summed E-state index contributed by atoms with van der Waals surface area (Å²) in [6, 6.07) is 7.62. The molecule has 0 aliphatic carbocycles. The number of benzene rings is 1. The third kappa shape index (κ3) is 2.51. The molecule has 0 radical (unpaired) electrons. The fraction of sp³-hybridized carbons (Fsp3) is 0.267. The average Bonchev–Trinajstić information content (AvgIpc) is 2.37. The van der Waals surface area contributed by atoms with Crippen LogP contribution in [0.4, 0.5) is 0 Å². The second kappa shape index (κ2) is 5.19. The second-order valence-corrected chi connectivity index (χ2v) is 4.43. The Morgan fingerprint density at radius 1 is 1.11 bits per heavy atom. The molecular weight excluding hydrogens is 226 g/mol. The average molecular weight is 243 g/mol. The minimum absolute atomic E-state index is 0.651. The number of aromatic nitrogens is 1. The van der Waals surface area contributed by atoms with E-state index in [0.717, 1.165) is 28.0 Å². The second-order valence-electron chi connectivity index (χ2n) is 4.43. The molecule has 2 aromatic rings. The summed E-state index contributed by atoms with van der Waals surface area (Å²) in [5, 5.41) is 10.3. The number of pyridine rings is 1. The van der Waals surface area contributed by atoms with Crippen molar-refractivity contribution in [1.29, 1.82) is 0 Å². The van der Waals surface area contributed by atoms with Gasteiger partial charge in [0.05, 0.1) is 7.11 Å². The van der Waals surface area contributed by atoms with E-state index >= 15 is 0 Å². The van der Waals surface area contributed by atoms with Crippen LogP contribution in [0.2, 0.25) is 0 Å². The van der Waals surface area contributed by atoms with Gasteiger partial charge < -0.3 is 9.84 Å². The zero-order valence-corrected chi connectivity index (χ0v) is 10.8. The van der Waals surface area contributed by atoms with Gasteiger partial charge in [0.25, 0.3) is 0 Å². The Kier molecular flexibility index (Phi) is 3.63. The number of hydrogen-bond acceptors (Lipinski definition) is 3. The van der Waals surface area contributed by atoms with Gasteiger partial charge in [-0.2, -0.15) is 0 Å². The molecule has 94 valence electrons. The van der Waals surface area contributed by atoms with E-state index in [2.05, 4.69) is 4.98 Å². The number of aryl methyl sites for hydroxylation is 2. The van der Waals surface area contributed by atoms with E-state index in [1.165, 1.54) is 0 Å². The van der Waals surface area contributed by atoms with Gasteiger partial charge >= 0.3 is 0 Å². The molecule has 1 heterocycles. The molecule has 0 aliphatic rings. The van der Waals surface area contributed by atoms with Gasteiger partial charge in [0.1, 0.15) is 11.9 Å². The third-order valence-electron chi connectivity index (χ3n) is 2.95. The minimum atomic E-state index is -0.651. The normalized spacial score (nSPS) is 12.2. The lowest BCUT2D eigenvalue weighted by Gasteiger charge is -2.13. The van der Waals surface area contributed by atoms with Crippen molar-refractivity contribution >= 4 is 0 Å². The van der Waals surface area contributed by atoms with Gasteiger partial charge in [0.15, 0.2) is 0 Å². The van der Waals surface area contributed by atoms with E-state index in [1.807, 2.05) is 38.1 Å². The monoisotopic (exact) mass is 243 g/mol. The zero-order valence-electron chi connectivity index (χ0n) is 10.8. The van der Waals surface area contributed by atoms with Gasteiger partial charge in [-0.1, -0.05) is 12.1 Å². The molecule has 1 aromatic heterocycles. The van der Waals surface area contributed by atoms with E-state index in [9.17, 15) is 5.11 Å². The SMILES string of the molecule is COc1ccc(C(O)c2cncc(C)c2)cc1C. The Morgan fingerprint density at radius 2 is 1.89 bits per heavy atom. The summed E-state index contributed by atoms with van der Waals surface area (Å²) in [6.45, 7) is 3.92. The van der Waals surface area contributed by atoms with Gasteiger partial charge in [-0.25, -0.2) is 0 Å². The molecule has 3 heteroatoms. The summed E-state index contributed by atoms with van der Waals surface area (Å²) in [7, 11) is 1.64. The predicted octanol–water partition coefficient (Wildman–Crippen LogP) is 2.79. The molecule has 1 unspecified atom stereocenters. The highest BCUT2D eigenvalue weighted by Gasteiger charge is 2.12. The molecule has 0 saturated carbocycles. The first-order chi connectivity index (χ1) is 8.61. The van der Waals surface area contributed by atoms with Gasteiger partial charge in [0, 0.05) is 18.0 Å². The molecule has 2 rings (SSSR count). The van der Waals surface area contributed by atoms with Crippen LogP contribution >= 0.6 is 0 Å². The predicted molar refractivity (Wildman–Crippen MR) is 70.8 cm³/mol. The summed E-state index contributed by atoms with van der Waals surface area (Å²) in [5.41, 5.74) is 3.70. The quantitative estimate of drug-likeness (QED) is 0.901. The number of ether oxygens (including phenoxy) is 1. The molecule has 18 heavy (non-hydrogen) atoms. The maximum absolute atomic E-state index is 10.3. The molecule has 1 atom stereocenters. The Labute approximate surface area is 107 Å². The maximum atomic E-state index is 10.3. The molecule has 1 aromatic carbocycles. The van der Waals surface area contributed by atoms with E-state index in [0.29, 0.717) is 0 Å². The topological polar surface area (TPSA) is 42.4 Å². The highest BCUT2D eigenvalue weighted by molar-refractivity contribution is 5.39. The molecule has 0 aliphatic heterocycles. The number of aliphatic hydroxyl groups is 1. The molecule has 0 fully saturated rings. The molecule has 0 spiro atoms. The van der Waals surface area contributed by atoms with E-state index < -0.39 is 6.10 Å². The van der Waals surface area contributed by atoms with Crippen molar-refractivity contribution in [3.05, 3.63) is 58.9 Å². The first-order valence-electron chi connectivity index (χ1n) is 5.86. The van der Waals surface area contributed by atoms with E-state index in [-0.39, 0.29) is 0 Å². The summed E-state index contributed by atoms with van der Waals surface area (Å²) < 4.78 is 5.21. The van der Waals surface area contributed by atoms with Crippen molar-refractivity contribution in [3.8, 4) is 5.75 Å². The summed E-state index contributed by atoms with van der Waals surface area (Å²) in [5.74, 6) is 0.827. The molecule has 0 saturated heterocycles. The van der Waals surface area contributed by atoms with Crippen molar-refractivity contribution in [2.45, 2.75) is 20.0 Å². The fourth-order valence-electron chi connectivity index (χ4n) is 1.99. The van der Waals surface area contributed by atoms with Gasteiger partial charge in [0.2, 0.25) is 0 Å². The summed E-state index contributed by atoms with van der Waals surface area (Å²) in [6.07, 6.45) is 2.81. The van der Waals surface area contributed by atoms with E-state index in [4.69, 9.17) is 4.74 Å². The van der Waals surface area contributed by atoms with Crippen LogP contribution in [0, 0.1) is 13.8 Å². The number of aliphatic hydroxyl groups excluding tert-OH is 1. The van der Waals surface area contributed by atoms with Gasteiger partial charge in [-0.3, -0.25) is 4.98 Å². The zero-order chi connectivity index (χ0) is 13.1. The van der Waals surface area contributed by atoms with Crippen LogP contribution in [-0.2, 0) is 0 Å². The first kappa shape index (κ1) is 12.6. The molecule has 1 N–H and O–H groups in total. The van der Waals surface area contributed by atoms with Crippen LogP contribution in [-0.4, -0.2) is 17.2 Å². The van der Waals surface area contributed by atoms with Crippen LogP contribution in [0.25, 0.3) is 0 Å². The summed E-state index contributed by atoms with van der Waals surface area (Å²) >= 11 is 0. The highest BCUT2D eigenvalue weighted by Crippen LogP contribution is 2.26. The van der Waals surface area contributed by atoms with Crippen LogP contribution in [0.5, 0.6) is 5.75 Å². The molecular formula is C15H17NO2. The lowest BCUT2D eigenvalue weighted by atomic mass is 10.00. The fourth-order valence-corrected chi connectivity index (χ4v) is 1.99.